The van der Waals surface area contributed by atoms with Crippen LogP contribution in [0.3, 0.4) is 0 Å². The van der Waals surface area contributed by atoms with Crippen molar-refractivity contribution in [2.45, 2.75) is 59.0 Å². The minimum absolute atomic E-state index is 0.101. The largest absolute Gasteiger partial charge is 0.480 e. The summed E-state index contributed by atoms with van der Waals surface area (Å²) in [5.74, 6) is -1.80. The fourth-order valence-electron chi connectivity index (χ4n) is 4.26. The Morgan fingerprint density at radius 3 is 2.00 bits per heavy atom. The number of ether oxygens (including phenoxy) is 1. The molecule has 1 aliphatic rings. The second-order valence-electron chi connectivity index (χ2n) is 10.2. The molecule has 3 N–H and O–H groups in total. The maximum Gasteiger partial charge on any atom is 0.407 e. The highest BCUT2D eigenvalue weighted by atomic mass is 16.5. The lowest BCUT2D eigenvalue weighted by Crippen LogP contribution is -2.56. The third kappa shape index (κ3) is 6.29. The SMILES string of the molecule is CC(C)=CCC(NC(=O)[C@@H](NC(=O)OCC1c2ccccc2-c2ccccc21)C(C)(C)C)C(=O)O. The monoisotopic (exact) mass is 478 g/mol. The van der Waals surface area contributed by atoms with Crippen LogP contribution >= 0.6 is 0 Å². The summed E-state index contributed by atoms with van der Waals surface area (Å²) in [5.41, 5.74) is 4.72. The van der Waals surface area contributed by atoms with Crippen LogP contribution in [0.5, 0.6) is 0 Å². The number of hydrogen-bond donors (Lipinski definition) is 3. The molecule has 2 amide bonds. The zero-order chi connectivity index (χ0) is 25.8. The summed E-state index contributed by atoms with van der Waals surface area (Å²) in [5, 5.41) is 14.7. The molecular formula is C28H34N2O5. The Kier molecular flexibility index (Phi) is 7.99. The average molecular weight is 479 g/mol. The van der Waals surface area contributed by atoms with E-state index in [2.05, 4.69) is 22.8 Å². The maximum absolute atomic E-state index is 13.0. The molecule has 2 aromatic carbocycles. The van der Waals surface area contributed by atoms with Crippen LogP contribution in [0.15, 0.2) is 60.2 Å². The Morgan fingerprint density at radius 1 is 0.971 bits per heavy atom. The number of carbonyl (C=O) groups is 3. The van der Waals surface area contributed by atoms with Gasteiger partial charge in [0.05, 0.1) is 0 Å². The van der Waals surface area contributed by atoms with Crippen molar-refractivity contribution >= 4 is 18.0 Å². The molecule has 0 aromatic heterocycles. The van der Waals surface area contributed by atoms with Crippen molar-refractivity contribution in [3.8, 4) is 11.1 Å². The third-order valence-electron chi connectivity index (χ3n) is 6.11. The average Bonchev–Trinajstić information content (AvgIpc) is 3.11. The molecule has 0 bridgehead atoms. The number of nitrogens with one attached hydrogen (secondary N) is 2. The summed E-state index contributed by atoms with van der Waals surface area (Å²) in [6.07, 6.45) is 1.19. The number of carbonyl (C=O) groups excluding carboxylic acids is 2. The molecule has 0 heterocycles. The number of allylic oxidation sites excluding steroid dienone is 1. The van der Waals surface area contributed by atoms with Crippen LogP contribution in [-0.4, -0.2) is 41.8 Å². The second-order valence-corrected chi connectivity index (χ2v) is 10.2. The molecule has 2 atom stereocenters. The van der Waals surface area contributed by atoms with Crippen LogP contribution in [0.2, 0.25) is 0 Å². The normalized spacial score (nSPS) is 14.2. The molecule has 2 aromatic rings. The number of carboxylic acid groups (broad SMARTS) is 1. The summed E-state index contributed by atoms with van der Waals surface area (Å²) in [4.78, 5) is 37.4. The van der Waals surface area contributed by atoms with E-state index in [9.17, 15) is 19.5 Å². The summed E-state index contributed by atoms with van der Waals surface area (Å²) in [6, 6.07) is 14.0. The Morgan fingerprint density at radius 2 is 1.51 bits per heavy atom. The Hall–Kier alpha value is -3.61. The van der Waals surface area contributed by atoms with Gasteiger partial charge in [0, 0.05) is 5.92 Å². The molecule has 1 unspecified atom stereocenters. The number of alkyl carbamates (subject to hydrolysis) is 1. The van der Waals surface area contributed by atoms with Crippen LogP contribution in [0, 0.1) is 5.41 Å². The first-order valence-corrected chi connectivity index (χ1v) is 11.8. The molecule has 0 radical (unpaired) electrons. The van der Waals surface area contributed by atoms with Gasteiger partial charge in [-0.15, -0.1) is 0 Å². The lowest BCUT2D eigenvalue weighted by atomic mass is 9.86. The maximum atomic E-state index is 13.0. The number of benzene rings is 2. The Balaban J connectivity index is 1.69. The third-order valence-corrected chi connectivity index (χ3v) is 6.11. The van der Waals surface area contributed by atoms with Gasteiger partial charge in [-0.25, -0.2) is 9.59 Å². The van der Waals surface area contributed by atoms with Crippen LogP contribution in [0.25, 0.3) is 11.1 Å². The molecule has 3 rings (SSSR count). The molecule has 7 heteroatoms. The molecular weight excluding hydrogens is 444 g/mol. The standard InChI is InChI=1S/C28H34N2O5/c1-17(2)14-15-23(26(32)33)29-25(31)24(28(3,4)5)30-27(34)35-16-22-20-12-8-6-10-18(20)19-11-7-9-13-21(19)22/h6-14,22-24H,15-16H2,1-5H3,(H,29,31)(H,30,34)(H,32,33)/t23?,24-/m1/s1. The predicted octanol–water partition coefficient (Wildman–Crippen LogP) is 4.87. The number of amides is 2. The molecule has 0 aliphatic heterocycles. The van der Waals surface area contributed by atoms with E-state index in [1.165, 1.54) is 0 Å². The zero-order valence-electron chi connectivity index (χ0n) is 20.9. The molecule has 7 nitrogen and oxygen atoms in total. The van der Waals surface area contributed by atoms with Gasteiger partial charge in [0.15, 0.2) is 0 Å². The Labute approximate surface area is 206 Å². The van der Waals surface area contributed by atoms with E-state index in [1.807, 2.05) is 50.2 Å². The minimum Gasteiger partial charge on any atom is -0.480 e. The first-order chi connectivity index (χ1) is 16.5. The highest BCUT2D eigenvalue weighted by Crippen LogP contribution is 2.44. The molecule has 0 saturated heterocycles. The van der Waals surface area contributed by atoms with Gasteiger partial charge in [0.1, 0.15) is 18.7 Å². The van der Waals surface area contributed by atoms with Crippen molar-refractivity contribution in [3.63, 3.8) is 0 Å². The van der Waals surface area contributed by atoms with Gasteiger partial charge in [0.2, 0.25) is 5.91 Å². The van der Waals surface area contributed by atoms with Crippen molar-refractivity contribution in [1.82, 2.24) is 10.6 Å². The highest BCUT2D eigenvalue weighted by molar-refractivity contribution is 5.90. The van der Waals surface area contributed by atoms with Gasteiger partial charge in [-0.3, -0.25) is 4.79 Å². The summed E-state index contributed by atoms with van der Waals surface area (Å²) >= 11 is 0. The van der Waals surface area contributed by atoms with Crippen LogP contribution in [-0.2, 0) is 14.3 Å². The number of rotatable bonds is 8. The lowest BCUT2D eigenvalue weighted by Gasteiger charge is -2.31. The van der Waals surface area contributed by atoms with Gasteiger partial charge in [-0.2, -0.15) is 0 Å². The van der Waals surface area contributed by atoms with Crippen LogP contribution < -0.4 is 10.6 Å². The summed E-state index contributed by atoms with van der Waals surface area (Å²) < 4.78 is 5.59. The Bertz CT molecular complexity index is 1080. The van der Waals surface area contributed by atoms with Crippen molar-refractivity contribution in [1.29, 1.82) is 0 Å². The second kappa shape index (κ2) is 10.8. The van der Waals surface area contributed by atoms with Crippen LogP contribution in [0.4, 0.5) is 4.79 Å². The number of carboxylic acids is 1. The summed E-state index contributed by atoms with van der Waals surface area (Å²) in [6.45, 7) is 9.23. The zero-order valence-corrected chi connectivity index (χ0v) is 20.9. The number of fused-ring (bicyclic) bond motifs is 3. The highest BCUT2D eigenvalue weighted by Gasteiger charge is 2.36. The fraction of sp³-hybridized carbons (Fsp3) is 0.393. The number of hydrogen-bond acceptors (Lipinski definition) is 4. The summed E-state index contributed by atoms with van der Waals surface area (Å²) in [7, 11) is 0. The smallest absolute Gasteiger partial charge is 0.407 e. The topological polar surface area (TPSA) is 105 Å². The van der Waals surface area contributed by atoms with E-state index in [-0.39, 0.29) is 18.9 Å². The van der Waals surface area contributed by atoms with E-state index in [1.54, 1.807) is 26.8 Å². The fourth-order valence-corrected chi connectivity index (χ4v) is 4.26. The molecule has 1 aliphatic carbocycles. The molecule has 186 valence electrons. The van der Waals surface area contributed by atoms with Crippen molar-refractivity contribution in [2.24, 2.45) is 5.41 Å². The molecule has 0 saturated carbocycles. The van der Waals surface area contributed by atoms with Crippen molar-refractivity contribution in [3.05, 3.63) is 71.3 Å². The van der Waals surface area contributed by atoms with E-state index in [0.29, 0.717) is 0 Å². The van der Waals surface area contributed by atoms with Gasteiger partial charge < -0.3 is 20.5 Å². The first-order valence-electron chi connectivity index (χ1n) is 11.8. The van der Waals surface area contributed by atoms with E-state index < -0.39 is 35.5 Å². The van der Waals surface area contributed by atoms with E-state index in [4.69, 9.17) is 4.74 Å². The van der Waals surface area contributed by atoms with Gasteiger partial charge in [-0.1, -0.05) is 81.0 Å². The molecule has 0 spiro atoms. The number of aliphatic carboxylic acids is 1. The lowest BCUT2D eigenvalue weighted by molar-refractivity contribution is -0.142. The first kappa shape index (κ1) is 26.0. The molecule has 35 heavy (non-hydrogen) atoms. The quantitative estimate of drug-likeness (QED) is 0.470. The predicted molar refractivity (Wildman–Crippen MR) is 135 cm³/mol. The molecule has 0 fully saturated rings. The van der Waals surface area contributed by atoms with Crippen LogP contribution in [0.1, 0.15) is 58.1 Å². The van der Waals surface area contributed by atoms with Gasteiger partial charge in [0.25, 0.3) is 0 Å². The van der Waals surface area contributed by atoms with Crippen molar-refractivity contribution in [2.75, 3.05) is 6.61 Å². The van der Waals surface area contributed by atoms with E-state index in [0.717, 1.165) is 27.8 Å². The van der Waals surface area contributed by atoms with Crippen molar-refractivity contribution < 1.29 is 24.2 Å². The van der Waals surface area contributed by atoms with Gasteiger partial charge in [-0.05, 0) is 47.9 Å². The van der Waals surface area contributed by atoms with Gasteiger partial charge >= 0.3 is 12.1 Å². The minimum atomic E-state index is -1.13. The van der Waals surface area contributed by atoms with E-state index >= 15 is 0 Å².